The Hall–Kier alpha value is -2.85. The number of aryl methyl sites for hydroxylation is 1. The number of nitriles is 1. The lowest BCUT2D eigenvalue weighted by Gasteiger charge is -2.23. The summed E-state index contributed by atoms with van der Waals surface area (Å²) in [6.45, 7) is 6.02. The molecule has 6 nitrogen and oxygen atoms in total. The number of hydrogen-bond donors (Lipinski definition) is 1. The minimum atomic E-state index is -3.60. The Balaban J connectivity index is 2.19. The van der Waals surface area contributed by atoms with Crippen molar-refractivity contribution in [3.05, 3.63) is 59.2 Å². The molecule has 0 bridgehead atoms. The van der Waals surface area contributed by atoms with Crippen molar-refractivity contribution in [3.8, 4) is 6.07 Å². The van der Waals surface area contributed by atoms with Gasteiger partial charge in [-0.15, -0.1) is 0 Å². The number of carbonyl (C=O) groups is 1. The maximum Gasteiger partial charge on any atom is 0.232 e. The first-order valence-corrected chi connectivity index (χ1v) is 10.9. The number of para-hydroxylation sites is 1. The molecule has 0 aromatic heterocycles. The largest absolute Gasteiger partial charge is 0.326 e. The zero-order valence-electron chi connectivity index (χ0n) is 16.6. The van der Waals surface area contributed by atoms with Gasteiger partial charge in [-0.3, -0.25) is 9.10 Å². The van der Waals surface area contributed by atoms with Gasteiger partial charge in [0.2, 0.25) is 15.9 Å². The van der Waals surface area contributed by atoms with Crippen LogP contribution in [-0.4, -0.2) is 27.1 Å². The van der Waals surface area contributed by atoms with Gasteiger partial charge in [0.1, 0.15) is 0 Å². The quantitative estimate of drug-likeness (QED) is 0.767. The number of nitrogens with one attached hydrogen (secondary N) is 1. The number of hydrogen-bond acceptors (Lipinski definition) is 4. The Labute approximate surface area is 166 Å². The second kappa shape index (κ2) is 8.89. The van der Waals surface area contributed by atoms with Crippen molar-refractivity contribution in [1.29, 1.82) is 5.26 Å². The Morgan fingerprint density at radius 2 is 1.89 bits per heavy atom. The van der Waals surface area contributed by atoms with E-state index in [2.05, 4.69) is 19.2 Å². The molecule has 1 amide bonds. The van der Waals surface area contributed by atoms with Gasteiger partial charge in [-0.05, 0) is 42.2 Å². The molecule has 2 rings (SSSR count). The second-order valence-corrected chi connectivity index (χ2v) is 8.90. The van der Waals surface area contributed by atoms with Crippen molar-refractivity contribution in [2.45, 2.75) is 33.1 Å². The summed E-state index contributed by atoms with van der Waals surface area (Å²) in [4.78, 5) is 12.5. The topological polar surface area (TPSA) is 90.3 Å². The molecule has 0 saturated heterocycles. The van der Waals surface area contributed by atoms with E-state index in [1.165, 1.54) is 6.07 Å². The number of nitrogens with zero attached hydrogens (tertiary/aromatic N) is 2. The molecule has 2 aromatic carbocycles. The van der Waals surface area contributed by atoms with Crippen LogP contribution in [0, 0.1) is 18.3 Å². The molecule has 7 heteroatoms. The second-order valence-electron chi connectivity index (χ2n) is 6.99. The summed E-state index contributed by atoms with van der Waals surface area (Å²) in [6, 6.07) is 14.2. The Morgan fingerprint density at radius 1 is 1.21 bits per heavy atom. The number of benzene rings is 2. The van der Waals surface area contributed by atoms with Crippen molar-refractivity contribution < 1.29 is 13.2 Å². The summed E-state index contributed by atoms with van der Waals surface area (Å²) >= 11 is 0. The molecule has 0 heterocycles. The molecule has 28 heavy (non-hydrogen) atoms. The molecule has 0 atom stereocenters. The molecule has 0 aliphatic rings. The standard InChI is InChI=1S/C21H25N3O3S/c1-15(2)19-10-5-7-16(3)21(19)23-20(25)11-12-24(28(4,26)27)18-9-6-8-17(13-18)14-22/h5-10,13,15H,11-12H2,1-4H3,(H,23,25). The van der Waals surface area contributed by atoms with Crippen LogP contribution < -0.4 is 9.62 Å². The summed E-state index contributed by atoms with van der Waals surface area (Å²) in [5.74, 6) is -0.0160. The molecule has 0 fully saturated rings. The van der Waals surface area contributed by atoms with Crippen molar-refractivity contribution in [3.63, 3.8) is 0 Å². The van der Waals surface area contributed by atoms with Crippen molar-refractivity contribution in [1.82, 2.24) is 0 Å². The van der Waals surface area contributed by atoms with Gasteiger partial charge in [-0.25, -0.2) is 8.42 Å². The average Bonchev–Trinajstić information content (AvgIpc) is 2.62. The van der Waals surface area contributed by atoms with Gasteiger partial charge in [0.15, 0.2) is 0 Å². The Bertz CT molecular complexity index is 1010. The van der Waals surface area contributed by atoms with Crippen LogP contribution in [0.4, 0.5) is 11.4 Å². The molecule has 2 aromatic rings. The highest BCUT2D eigenvalue weighted by Gasteiger charge is 2.20. The van der Waals surface area contributed by atoms with E-state index < -0.39 is 10.0 Å². The van der Waals surface area contributed by atoms with E-state index in [0.29, 0.717) is 11.3 Å². The van der Waals surface area contributed by atoms with Crippen LogP contribution in [0.1, 0.15) is 42.9 Å². The summed E-state index contributed by atoms with van der Waals surface area (Å²) in [5.41, 5.74) is 3.50. The third-order valence-corrected chi connectivity index (χ3v) is 5.59. The fraction of sp³-hybridized carbons (Fsp3) is 0.333. The van der Waals surface area contributed by atoms with Crippen LogP contribution >= 0.6 is 0 Å². The van der Waals surface area contributed by atoms with E-state index in [-0.39, 0.29) is 24.8 Å². The average molecular weight is 400 g/mol. The van der Waals surface area contributed by atoms with Crippen molar-refractivity contribution in [2.75, 3.05) is 22.4 Å². The van der Waals surface area contributed by atoms with Crippen LogP contribution in [0.25, 0.3) is 0 Å². The smallest absolute Gasteiger partial charge is 0.232 e. The SMILES string of the molecule is Cc1cccc(C(C)C)c1NC(=O)CCN(c1cccc(C#N)c1)S(C)(=O)=O. The highest BCUT2D eigenvalue weighted by Crippen LogP contribution is 2.27. The van der Waals surface area contributed by atoms with Crippen LogP contribution in [-0.2, 0) is 14.8 Å². The van der Waals surface area contributed by atoms with Crippen LogP contribution in [0.3, 0.4) is 0 Å². The summed E-state index contributed by atoms with van der Waals surface area (Å²) < 4.78 is 25.6. The molecule has 148 valence electrons. The monoisotopic (exact) mass is 399 g/mol. The third-order valence-electron chi connectivity index (χ3n) is 4.40. The van der Waals surface area contributed by atoms with Crippen LogP contribution in [0.5, 0.6) is 0 Å². The van der Waals surface area contributed by atoms with Crippen LogP contribution in [0.15, 0.2) is 42.5 Å². The van der Waals surface area contributed by atoms with Gasteiger partial charge in [0, 0.05) is 18.7 Å². The number of sulfonamides is 1. The predicted octanol–water partition coefficient (Wildman–Crippen LogP) is 3.78. The van der Waals surface area contributed by atoms with Gasteiger partial charge in [-0.1, -0.05) is 38.1 Å². The molecule has 0 saturated carbocycles. The molecule has 0 radical (unpaired) electrons. The highest BCUT2D eigenvalue weighted by atomic mass is 32.2. The van der Waals surface area contributed by atoms with Gasteiger partial charge in [0.05, 0.1) is 23.6 Å². The van der Waals surface area contributed by atoms with Crippen molar-refractivity contribution >= 4 is 27.3 Å². The molecule has 0 unspecified atom stereocenters. The first-order valence-electron chi connectivity index (χ1n) is 9.00. The minimum Gasteiger partial charge on any atom is -0.326 e. The lowest BCUT2D eigenvalue weighted by molar-refractivity contribution is -0.116. The Morgan fingerprint density at radius 3 is 2.50 bits per heavy atom. The van der Waals surface area contributed by atoms with E-state index in [1.54, 1.807) is 18.2 Å². The predicted molar refractivity (Wildman–Crippen MR) is 112 cm³/mol. The fourth-order valence-corrected chi connectivity index (χ4v) is 3.88. The number of anilines is 2. The molecule has 0 spiro atoms. The van der Waals surface area contributed by atoms with Crippen LogP contribution in [0.2, 0.25) is 0 Å². The Kier molecular flexibility index (Phi) is 6.81. The number of amides is 1. The summed E-state index contributed by atoms with van der Waals surface area (Å²) in [5, 5.41) is 12.0. The molecular formula is C21H25N3O3S. The van der Waals surface area contributed by atoms with E-state index in [4.69, 9.17) is 5.26 Å². The van der Waals surface area contributed by atoms with E-state index in [9.17, 15) is 13.2 Å². The minimum absolute atomic E-state index is 0.00425. The molecule has 1 N–H and O–H groups in total. The first kappa shape index (κ1) is 21.5. The van der Waals surface area contributed by atoms with Gasteiger partial charge in [0.25, 0.3) is 0 Å². The van der Waals surface area contributed by atoms with Gasteiger partial charge in [-0.2, -0.15) is 5.26 Å². The molecular weight excluding hydrogens is 374 g/mol. The number of carbonyl (C=O) groups excluding carboxylic acids is 1. The van der Waals surface area contributed by atoms with E-state index >= 15 is 0 Å². The van der Waals surface area contributed by atoms with Crippen molar-refractivity contribution in [2.24, 2.45) is 0 Å². The number of rotatable bonds is 7. The molecule has 0 aliphatic heterocycles. The maximum atomic E-state index is 12.5. The van der Waals surface area contributed by atoms with E-state index in [1.807, 2.05) is 31.2 Å². The normalized spacial score (nSPS) is 11.1. The lowest BCUT2D eigenvalue weighted by atomic mass is 9.98. The van der Waals surface area contributed by atoms with Gasteiger partial charge >= 0.3 is 0 Å². The van der Waals surface area contributed by atoms with E-state index in [0.717, 1.165) is 27.4 Å². The third kappa shape index (κ3) is 5.33. The summed E-state index contributed by atoms with van der Waals surface area (Å²) in [6.07, 6.45) is 1.08. The first-order chi connectivity index (χ1) is 13.1. The molecule has 0 aliphatic carbocycles. The zero-order chi connectivity index (χ0) is 20.9. The highest BCUT2D eigenvalue weighted by molar-refractivity contribution is 7.92. The summed E-state index contributed by atoms with van der Waals surface area (Å²) in [7, 11) is -3.60. The zero-order valence-corrected chi connectivity index (χ0v) is 17.4. The van der Waals surface area contributed by atoms with Gasteiger partial charge < -0.3 is 5.32 Å². The maximum absolute atomic E-state index is 12.5. The lowest BCUT2D eigenvalue weighted by Crippen LogP contribution is -2.33. The fourth-order valence-electron chi connectivity index (χ4n) is 2.96.